The van der Waals surface area contributed by atoms with Crippen LogP contribution in [0.1, 0.15) is 37.8 Å². The van der Waals surface area contributed by atoms with E-state index in [1.807, 2.05) is 0 Å². The van der Waals surface area contributed by atoms with Crippen molar-refractivity contribution in [1.29, 1.82) is 0 Å². The average Bonchev–Trinajstić information content (AvgIpc) is 2.62. The molecule has 1 aliphatic rings. The van der Waals surface area contributed by atoms with Gasteiger partial charge in [0.25, 0.3) is 0 Å². The van der Waals surface area contributed by atoms with Crippen molar-refractivity contribution < 1.29 is 4.57 Å². The maximum Gasteiger partial charge on any atom is 0.218 e. The maximum absolute atomic E-state index is 2.39. The van der Waals surface area contributed by atoms with Crippen molar-refractivity contribution in [3.8, 4) is 11.3 Å². The summed E-state index contributed by atoms with van der Waals surface area (Å²) in [5, 5.41) is 0. The van der Waals surface area contributed by atoms with Crippen molar-refractivity contribution >= 4 is 6.20 Å². The molecule has 0 fully saturated rings. The van der Waals surface area contributed by atoms with Crippen LogP contribution in [0.4, 0.5) is 0 Å². The summed E-state index contributed by atoms with van der Waals surface area (Å²) >= 11 is 0. The predicted octanol–water partition coefficient (Wildman–Crippen LogP) is 4.49. The first-order valence-corrected chi connectivity index (χ1v) is 7.51. The van der Waals surface area contributed by atoms with Gasteiger partial charge in [-0.2, -0.15) is 4.57 Å². The lowest BCUT2D eigenvalue weighted by Crippen LogP contribution is -2.28. The van der Waals surface area contributed by atoms with E-state index in [4.69, 9.17) is 0 Å². The molecule has 1 heteroatoms. The normalized spacial score (nSPS) is 15.3. The van der Waals surface area contributed by atoms with Crippen molar-refractivity contribution in [1.82, 2.24) is 0 Å². The average molecular weight is 264 g/mol. The molecule has 20 heavy (non-hydrogen) atoms. The summed E-state index contributed by atoms with van der Waals surface area (Å²) in [6.45, 7) is 6.72. The van der Waals surface area contributed by atoms with Crippen LogP contribution in [0.25, 0.3) is 17.5 Å². The molecule has 0 radical (unpaired) electrons. The van der Waals surface area contributed by atoms with Crippen molar-refractivity contribution in [3.63, 3.8) is 0 Å². The fourth-order valence-corrected chi connectivity index (χ4v) is 3.30. The Balaban J connectivity index is 2.34. The van der Waals surface area contributed by atoms with Crippen LogP contribution >= 0.6 is 0 Å². The number of aryl methyl sites for hydroxylation is 1. The van der Waals surface area contributed by atoms with E-state index in [0.29, 0.717) is 0 Å². The SMILES string of the molecule is CCC1(CC)C=C[n+]2cc(C)ccc2-c2ccccc21. The third-order valence-electron chi connectivity index (χ3n) is 4.68. The van der Waals surface area contributed by atoms with Crippen molar-refractivity contribution in [2.45, 2.75) is 39.0 Å². The third-order valence-corrected chi connectivity index (χ3v) is 4.68. The first kappa shape index (κ1) is 13.1. The van der Waals surface area contributed by atoms with Gasteiger partial charge in [-0.25, -0.2) is 0 Å². The molecule has 2 aromatic rings. The molecular formula is C19H22N+. The number of pyridine rings is 1. The van der Waals surface area contributed by atoms with Gasteiger partial charge in [0, 0.05) is 17.0 Å². The Bertz CT molecular complexity index is 663. The van der Waals surface area contributed by atoms with E-state index in [-0.39, 0.29) is 5.41 Å². The van der Waals surface area contributed by atoms with E-state index < -0.39 is 0 Å². The van der Waals surface area contributed by atoms with Gasteiger partial charge in [0.15, 0.2) is 12.4 Å². The van der Waals surface area contributed by atoms with Crippen LogP contribution in [-0.2, 0) is 5.41 Å². The van der Waals surface area contributed by atoms with Gasteiger partial charge in [-0.05, 0) is 43.5 Å². The number of rotatable bonds is 2. The Morgan fingerprint density at radius 2 is 1.75 bits per heavy atom. The third kappa shape index (κ3) is 1.89. The highest BCUT2D eigenvalue weighted by Gasteiger charge is 2.33. The van der Waals surface area contributed by atoms with Gasteiger partial charge in [-0.15, -0.1) is 0 Å². The van der Waals surface area contributed by atoms with Crippen LogP contribution < -0.4 is 4.57 Å². The second-order valence-electron chi connectivity index (χ2n) is 5.72. The first-order valence-electron chi connectivity index (χ1n) is 7.51. The van der Waals surface area contributed by atoms with E-state index in [1.54, 1.807) is 0 Å². The van der Waals surface area contributed by atoms with Gasteiger partial charge < -0.3 is 0 Å². The first-order chi connectivity index (χ1) is 9.70. The molecule has 0 amide bonds. The molecule has 3 rings (SSSR count). The molecule has 1 aliphatic heterocycles. The largest absolute Gasteiger partial charge is 0.218 e. The summed E-state index contributed by atoms with van der Waals surface area (Å²) < 4.78 is 2.27. The maximum atomic E-state index is 2.39. The number of fused-ring (bicyclic) bond motifs is 3. The van der Waals surface area contributed by atoms with Gasteiger partial charge in [-0.3, -0.25) is 0 Å². The zero-order valence-corrected chi connectivity index (χ0v) is 12.6. The summed E-state index contributed by atoms with van der Waals surface area (Å²) in [4.78, 5) is 0. The Morgan fingerprint density at radius 1 is 1.00 bits per heavy atom. The van der Waals surface area contributed by atoms with Gasteiger partial charge >= 0.3 is 0 Å². The lowest BCUT2D eigenvalue weighted by molar-refractivity contribution is -0.556. The monoisotopic (exact) mass is 264 g/mol. The van der Waals surface area contributed by atoms with Gasteiger partial charge in [0.05, 0.1) is 5.56 Å². The van der Waals surface area contributed by atoms with E-state index in [0.717, 1.165) is 12.8 Å². The van der Waals surface area contributed by atoms with Crippen LogP contribution in [0.3, 0.4) is 0 Å². The molecule has 1 nitrogen and oxygen atoms in total. The van der Waals surface area contributed by atoms with Crippen LogP contribution in [-0.4, -0.2) is 0 Å². The number of nitrogens with zero attached hydrogens (tertiary/aromatic N) is 1. The fraction of sp³-hybridized carbons (Fsp3) is 0.316. The molecule has 0 atom stereocenters. The summed E-state index contributed by atoms with van der Waals surface area (Å²) in [6, 6.07) is 13.3. The quantitative estimate of drug-likeness (QED) is 0.704. The smallest absolute Gasteiger partial charge is 0.167 e. The summed E-state index contributed by atoms with van der Waals surface area (Å²) in [5.74, 6) is 0. The molecule has 2 heterocycles. The van der Waals surface area contributed by atoms with Crippen molar-refractivity contribution in [2.24, 2.45) is 0 Å². The van der Waals surface area contributed by atoms with Crippen LogP contribution in [0.2, 0.25) is 0 Å². The number of hydrogen-bond donors (Lipinski definition) is 0. The zero-order valence-electron chi connectivity index (χ0n) is 12.6. The molecule has 102 valence electrons. The second kappa shape index (κ2) is 4.90. The topological polar surface area (TPSA) is 3.88 Å². The Kier molecular flexibility index (Phi) is 3.21. The van der Waals surface area contributed by atoms with Crippen LogP contribution in [0, 0.1) is 6.92 Å². The number of benzene rings is 1. The highest BCUT2D eigenvalue weighted by molar-refractivity contribution is 5.66. The number of hydrogen-bond acceptors (Lipinski definition) is 0. The number of aromatic nitrogens is 1. The highest BCUT2D eigenvalue weighted by Crippen LogP contribution is 2.40. The lowest BCUT2D eigenvalue weighted by Gasteiger charge is -2.28. The Hall–Kier alpha value is -1.89. The van der Waals surface area contributed by atoms with Crippen molar-refractivity contribution in [3.05, 3.63) is 59.8 Å². The van der Waals surface area contributed by atoms with E-state index >= 15 is 0 Å². The van der Waals surface area contributed by atoms with Gasteiger partial charge in [0.1, 0.15) is 0 Å². The lowest BCUT2D eigenvalue weighted by atomic mass is 9.74. The predicted molar refractivity (Wildman–Crippen MR) is 84.4 cm³/mol. The van der Waals surface area contributed by atoms with E-state index in [1.165, 1.54) is 22.4 Å². The molecule has 0 bridgehead atoms. The fourth-order valence-electron chi connectivity index (χ4n) is 3.30. The summed E-state index contributed by atoms with van der Waals surface area (Å²) in [7, 11) is 0. The minimum absolute atomic E-state index is 0.149. The molecule has 0 saturated carbocycles. The molecule has 0 aliphatic carbocycles. The summed E-state index contributed by atoms with van der Waals surface area (Å²) in [5.41, 5.74) is 5.54. The molecule has 0 N–H and O–H groups in total. The van der Waals surface area contributed by atoms with Gasteiger partial charge in [0.2, 0.25) is 5.69 Å². The minimum Gasteiger partial charge on any atom is -0.167 e. The Labute approximate surface area is 121 Å². The number of allylic oxidation sites excluding steroid dienone is 1. The van der Waals surface area contributed by atoms with E-state index in [9.17, 15) is 0 Å². The Morgan fingerprint density at radius 3 is 2.50 bits per heavy atom. The summed E-state index contributed by atoms with van der Waals surface area (Å²) in [6.07, 6.45) is 9.11. The zero-order chi connectivity index (χ0) is 14.2. The molecule has 1 aromatic heterocycles. The van der Waals surface area contributed by atoms with Crippen LogP contribution in [0.5, 0.6) is 0 Å². The minimum atomic E-state index is 0.149. The van der Waals surface area contributed by atoms with Crippen molar-refractivity contribution in [2.75, 3.05) is 0 Å². The molecule has 0 unspecified atom stereocenters. The second-order valence-corrected chi connectivity index (χ2v) is 5.72. The molecule has 0 saturated heterocycles. The van der Waals surface area contributed by atoms with E-state index in [2.05, 4.69) is 80.2 Å². The molecule has 1 aromatic carbocycles. The standard InChI is InChI=1S/C19H22N/c1-4-19(5-2)12-13-20-14-15(3)10-11-18(20)16-8-6-7-9-17(16)19/h6-14H,4-5H2,1-3H3/q+1. The molecule has 0 spiro atoms. The van der Waals surface area contributed by atoms with Gasteiger partial charge in [-0.1, -0.05) is 32.0 Å². The highest BCUT2D eigenvalue weighted by atomic mass is 14.9. The molecular weight excluding hydrogens is 242 g/mol. The van der Waals surface area contributed by atoms with Crippen LogP contribution in [0.15, 0.2) is 48.7 Å².